The van der Waals surface area contributed by atoms with Gasteiger partial charge in [-0.1, -0.05) is 12.1 Å². The topological polar surface area (TPSA) is 61.8 Å². The molecular formula is C23H34IN5O. The van der Waals surface area contributed by atoms with Crippen LogP contribution in [0.1, 0.15) is 36.5 Å². The van der Waals surface area contributed by atoms with Gasteiger partial charge in [-0.3, -0.25) is 0 Å². The Morgan fingerprint density at radius 2 is 1.93 bits per heavy atom. The van der Waals surface area contributed by atoms with Crippen LogP contribution >= 0.6 is 24.0 Å². The number of guanidine groups is 1. The molecule has 7 heteroatoms. The van der Waals surface area contributed by atoms with Gasteiger partial charge in [-0.25, -0.2) is 9.98 Å². The van der Waals surface area contributed by atoms with E-state index in [1.807, 2.05) is 12.3 Å². The largest absolute Gasteiger partial charge is 0.496 e. The van der Waals surface area contributed by atoms with E-state index in [4.69, 9.17) is 9.73 Å². The zero-order valence-electron chi connectivity index (χ0n) is 18.3. The van der Waals surface area contributed by atoms with Gasteiger partial charge in [0.2, 0.25) is 0 Å². The molecule has 30 heavy (non-hydrogen) atoms. The lowest BCUT2D eigenvalue weighted by Crippen LogP contribution is -2.38. The van der Waals surface area contributed by atoms with Crippen LogP contribution in [0.2, 0.25) is 0 Å². The van der Waals surface area contributed by atoms with Gasteiger partial charge in [0.15, 0.2) is 5.96 Å². The normalized spacial score (nSPS) is 13.7. The number of rotatable bonds is 8. The molecule has 0 aliphatic carbocycles. The number of halogens is 1. The zero-order chi connectivity index (χ0) is 20.5. The molecule has 164 valence electrons. The van der Waals surface area contributed by atoms with Gasteiger partial charge in [0, 0.05) is 32.4 Å². The van der Waals surface area contributed by atoms with Gasteiger partial charge in [0.25, 0.3) is 0 Å². The zero-order valence-corrected chi connectivity index (χ0v) is 20.6. The van der Waals surface area contributed by atoms with Gasteiger partial charge in [0.1, 0.15) is 11.6 Å². The molecule has 3 rings (SSSR count). The van der Waals surface area contributed by atoms with Crippen molar-refractivity contribution >= 4 is 35.8 Å². The first kappa shape index (κ1) is 24.2. The highest BCUT2D eigenvalue weighted by atomic mass is 127. The number of aliphatic imine (C=N–C) groups is 1. The second-order valence-corrected chi connectivity index (χ2v) is 7.39. The highest BCUT2D eigenvalue weighted by Gasteiger charge is 2.13. The van der Waals surface area contributed by atoms with Gasteiger partial charge in [-0.05, 0) is 68.0 Å². The third-order valence-corrected chi connectivity index (χ3v) is 5.18. The minimum Gasteiger partial charge on any atom is -0.496 e. The number of hydrogen-bond acceptors (Lipinski definition) is 4. The number of benzene rings is 1. The lowest BCUT2D eigenvalue weighted by atomic mass is 10.1. The number of pyridine rings is 1. The van der Waals surface area contributed by atoms with Crippen LogP contribution in [0.3, 0.4) is 0 Å². The summed E-state index contributed by atoms with van der Waals surface area (Å²) in [6.07, 6.45) is 5.32. The average molecular weight is 523 g/mol. The fraction of sp³-hybridized carbons (Fsp3) is 0.478. The molecule has 1 aromatic heterocycles. The summed E-state index contributed by atoms with van der Waals surface area (Å²) in [4.78, 5) is 11.6. The first-order valence-electron chi connectivity index (χ1n) is 10.5. The molecule has 2 heterocycles. The molecule has 6 nitrogen and oxygen atoms in total. The Kier molecular flexibility index (Phi) is 10.2. The van der Waals surface area contributed by atoms with Crippen LogP contribution in [0.15, 0.2) is 41.5 Å². The van der Waals surface area contributed by atoms with E-state index in [9.17, 15) is 0 Å². The number of ether oxygens (including phenoxy) is 1. The molecule has 0 atom stereocenters. The molecule has 0 unspecified atom stereocenters. The molecule has 1 aliphatic heterocycles. The number of nitrogens with one attached hydrogen (secondary N) is 2. The van der Waals surface area contributed by atoms with Crippen molar-refractivity contribution in [2.75, 3.05) is 38.2 Å². The van der Waals surface area contributed by atoms with E-state index in [1.54, 1.807) is 7.11 Å². The Morgan fingerprint density at radius 1 is 1.13 bits per heavy atom. The number of aryl methyl sites for hydroxylation is 1. The summed E-state index contributed by atoms with van der Waals surface area (Å²) in [6.45, 7) is 8.64. The monoisotopic (exact) mass is 523 g/mol. The smallest absolute Gasteiger partial charge is 0.191 e. The van der Waals surface area contributed by atoms with Crippen LogP contribution in [0.4, 0.5) is 5.82 Å². The molecule has 1 saturated heterocycles. The highest BCUT2D eigenvalue weighted by molar-refractivity contribution is 14.0. The van der Waals surface area contributed by atoms with Gasteiger partial charge in [-0.15, -0.1) is 24.0 Å². The molecule has 1 aliphatic rings. The van der Waals surface area contributed by atoms with Crippen LogP contribution in [-0.4, -0.2) is 44.2 Å². The summed E-state index contributed by atoms with van der Waals surface area (Å²) in [6, 6.07) is 10.6. The summed E-state index contributed by atoms with van der Waals surface area (Å²) < 4.78 is 5.42. The number of methoxy groups -OCH3 is 1. The van der Waals surface area contributed by atoms with E-state index in [0.717, 1.165) is 55.7 Å². The molecule has 2 N–H and O–H groups in total. The highest BCUT2D eigenvalue weighted by Crippen LogP contribution is 2.20. The quantitative estimate of drug-likeness (QED) is 0.312. The summed E-state index contributed by atoms with van der Waals surface area (Å²) in [5.74, 6) is 2.85. The van der Waals surface area contributed by atoms with Crippen molar-refractivity contribution in [1.82, 2.24) is 15.6 Å². The Bertz CT molecular complexity index is 821. The van der Waals surface area contributed by atoms with E-state index in [0.29, 0.717) is 6.54 Å². The van der Waals surface area contributed by atoms with Crippen LogP contribution in [0.25, 0.3) is 0 Å². The maximum absolute atomic E-state index is 5.42. The van der Waals surface area contributed by atoms with Gasteiger partial charge < -0.3 is 20.3 Å². The molecule has 0 bridgehead atoms. The van der Waals surface area contributed by atoms with E-state index < -0.39 is 0 Å². The second kappa shape index (κ2) is 12.6. The van der Waals surface area contributed by atoms with Crippen molar-refractivity contribution in [1.29, 1.82) is 0 Å². The molecule has 0 radical (unpaired) electrons. The van der Waals surface area contributed by atoms with Crippen molar-refractivity contribution in [3.8, 4) is 5.75 Å². The number of aromatic nitrogens is 1. The fourth-order valence-corrected chi connectivity index (χ4v) is 3.54. The molecule has 1 fully saturated rings. The Labute approximate surface area is 197 Å². The van der Waals surface area contributed by atoms with Crippen LogP contribution in [0.5, 0.6) is 5.75 Å². The van der Waals surface area contributed by atoms with Crippen LogP contribution < -0.4 is 20.3 Å². The summed E-state index contributed by atoms with van der Waals surface area (Å²) in [5.41, 5.74) is 3.59. The summed E-state index contributed by atoms with van der Waals surface area (Å²) in [5, 5.41) is 6.76. The number of anilines is 1. The molecule has 0 spiro atoms. The van der Waals surface area contributed by atoms with E-state index >= 15 is 0 Å². The van der Waals surface area contributed by atoms with Crippen molar-refractivity contribution in [2.24, 2.45) is 4.99 Å². The Balaban J connectivity index is 0.00000320. The molecule has 0 saturated carbocycles. The number of hydrogen-bond donors (Lipinski definition) is 2. The fourth-order valence-electron chi connectivity index (χ4n) is 3.54. The van der Waals surface area contributed by atoms with Gasteiger partial charge in [-0.2, -0.15) is 0 Å². The van der Waals surface area contributed by atoms with Crippen molar-refractivity contribution < 1.29 is 4.74 Å². The SMILES string of the molecule is CCNC(=NCc1ccnc(N2CCCC2)c1)NCCc1ccc(C)c(OC)c1.I. The predicted octanol–water partition coefficient (Wildman–Crippen LogP) is 3.91. The first-order chi connectivity index (χ1) is 14.2. The standard InChI is InChI=1S/C23H33N5O.HI/c1-4-24-23(26-12-9-19-8-7-18(2)21(15-19)29-3)27-17-20-10-11-25-22(16-20)28-13-5-6-14-28;/h7-8,10-11,15-16H,4-6,9,12-14,17H2,1-3H3,(H2,24,26,27);1H. The van der Waals surface area contributed by atoms with Crippen molar-refractivity contribution in [3.63, 3.8) is 0 Å². The Hall–Kier alpha value is -2.03. The minimum absolute atomic E-state index is 0. The van der Waals surface area contributed by atoms with E-state index in [-0.39, 0.29) is 24.0 Å². The molecule has 2 aromatic rings. The van der Waals surface area contributed by atoms with Crippen LogP contribution in [-0.2, 0) is 13.0 Å². The molecular weight excluding hydrogens is 489 g/mol. The molecule has 1 aromatic carbocycles. The van der Waals surface area contributed by atoms with Crippen molar-refractivity contribution in [2.45, 2.75) is 39.7 Å². The first-order valence-corrected chi connectivity index (χ1v) is 10.5. The third kappa shape index (κ3) is 7.04. The minimum atomic E-state index is 0. The maximum atomic E-state index is 5.42. The lowest BCUT2D eigenvalue weighted by molar-refractivity contribution is 0.411. The second-order valence-electron chi connectivity index (χ2n) is 7.39. The van der Waals surface area contributed by atoms with Crippen LogP contribution in [0, 0.1) is 6.92 Å². The average Bonchev–Trinajstić information content (AvgIpc) is 3.28. The number of nitrogens with zero attached hydrogens (tertiary/aromatic N) is 3. The predicted molar refractivity (Wildman–Crippen MR) is 135 cm³/mol. The summed E-state index contributed by atoms with van der Waals surface area (Å²) >= 11 is 0. The van der Waals surface area contributed by atoms with E-state index in [2.05, 4.69) is 58.6 Å². The maximum Gasteiger partial charge on any atom is 0.191 e. The van der Waals surface area contributed by atoms with Gasteiger partial charge in [0.05, 0.1) is 13.7 Å². The third-order valence-electron chi connectivity index (χ3n) is 5.18. The van der Waals surface area contributed by atoms with Gasteiger partial charge >= 0.3 is 0 Å². The lowest BCUT2D eigenvalue weighted by Gasteiger charge is -2.16. The Morgan fingerprint density at radius 3 is 2.67 bits per heavy atom. The van der Waals surface area contributed by atoms with Crippen molar-refractivity contribution in [3.05, 3.63) is 53.2 Å². The van der Waals surface area contributed by atoms with E-state index in [1.165, 1.54) is 24.0 Å². The molecule has 0 amide bonds. The summed E-state index contributed by atoms with van der Waals surface area (Å²) in [7, 11) is 1.72.